The number of hydrogen-bond acceptors (Lipinski definition) is 8. The quantitative estimate of drug-likeness (QED) is 0.451. The molecule has 2 atom stereocenters. The van der Waals surface area contributed by atoms with Gasteiger partial charge in [-0.05, 0) is 43.9 Å². The van der Waals surface area contributed by atoms with Crippen molar-refractivity contribution in [2.45, 2.75) is 55.5 Å². The van der Waals surface area contributed by atoms with Crippen LogP contribution in [0.5, 0.6) is 0 Å². The van der Waals surface area contributed by atoms with Crippen molar-refractivity contribution in [3.8, 4) is 0 Å². The zero-order valence-corrected chi connectivity index (χ0v) is 21.5. The van der Waals surface area contributed by atoms with Crippen molar-refractivity contribution in [2.24, 2.45) is 10.3 Å². The summed E-state index contributed by atoms with van der Waals surface area (Å²) in [6, 6.07) is 3.94. The molecular weight excluding hydrogens is 506 g/mol. The van der Waals surface area contributed by atoms with Crippen molar-refractivity contribution in [1.82, 2.24) is 10.0 Å². The number of anilines is 2. The number of nitrogens with zero attached hydrogens (tertiary/aromatic N) is 3. The average molecular weight is 536 g/mol. The number of amides is 1. The van der Waals surface area contributed by atoms with Crippen LogP contribution >= 0.6 is 0 Å². The number of carbonyl (C=O) groups excluding carboxylic acids is 1. The molecular formula is C23H29N5O6S2. The fraction of sp³-hybridized carbons (Fsp3) is 0.478. The molecule has 2 aliphatic heterocycles. The highest BCUT2D eigenvalue weighted by atomic mass is 32.2. The minimum absolute atomic E-state index is 0.0663. The Kier molecular flexibility index (Phi) is 6.12. The Hall–Kier alpha value is -2.90. The zero-order valence-electron chi connectivity index (χ0n) is 19.8. The van der Waals surface area contributed by atoms with Crippen LogP contribution in [0.2, 0.25) is 0 Å². The third-order valence-corrected chi connectivity index (χ3v) is 9.10. The van der Waals surface area contributed by atoms with Gasteiger partial charge in [-0.1, -0.05) is 18.9 Å². The first-order valence-corrected chi connectivity index (χ1v) is 15.2. The summed E-state index contributed by atoms with van der Waals surface area (Å²) in [5.74, 6) is -1.20. The fourth-order valence-electron chi connectivity index (χ4n) is 5.42. The molecule has 2 aliphatic carbocycles. The Bertz CT molecular complexity index is 1400. The summed E-state index contributed by atoms with van der Waals surface area (Å²) >= 11 is 0. The van der Waals surface area contributed by atoms with Gasteiger partial charge < -0.3 is 10.4 Å². The number of benzene rings is 1. The van der Waals surface area contributed by atoms with E-state index in [1.165, 1.54) is 12.1 Å². The van der Waals surface area contributed by atoms with Crippen LogP contribution in [0.25, 0.3) is 0 Å². The molecule has 0 saturated heterocycles. The summed E-state index contributed by atoms with van der Waals surface area (Å²) in [6.07, 6.45) is 7.92. The SMILES string of the molecule is C=CCN(C1CCC1)N1C(=O)C(C2=NS(=O)(=O)c3cc(NS(C)(=O)=O)ccc3N2)=C(O)C2CCCC21. The van der Waals surface area contributed by atoms with Crippen molar-refractivity contribution in [1.29, 1.82) is 0 Å². The monoisotopic (exact) mass is 535 g/mol. The van der Waals surface area contributed by atoms with Crippen molar-refractivity contribution in [3.05, 3.63) is 42.2 Å². The van der Waals surface area contributed by atoms with Crippen molar-refractivity contribution in [3.63, 3.8) is 0 Å². The molecule has 5 rings (SSSR count). The minimum atomic E-state index is -4.30. The van der Waals surface area contributed by atoms with Crippen molar-refractivity contribution in [2.75, 3.05) is 22.8 Å². The number of aliphatic hydroxyl groups excluding tert-OH is 1. The highest BCUT2D eigenvalue weighted by Crippen LogP contribution is 2.43. The Morgan fingerprint density at radius 3 is 2.64 bits per heavy atom. The van der Waals surface area contributed by atoms with E-state index in [2.05, 4.69) is 21.0 Å². The van der Waals surface area contributed by atoms with E-state index in [0.717, 1.165) is 44.4 Å². The molecule has 0 spiro atoms. The number of hydrazine groups is 1. The van der Waals surface area contributed by atoms with Crippen LogP contribution in [0.4, 0.5) is 11.4 Å². The average Bonchev–Trinajstić information content (AvgIpc) is 3.22. The molecule has 2 heterocycles. The van der Waals surface area contributed by atoms with Crippen LogP contribution in [0, 0.1) is 5.92 Å². The smallest absolute Gasteiger partial charge is 0.286 e. The number of amidine groups is 1. The van der Waals surface area contributed by atoms with Gasteiger partial charge in [0.2, 0.25) is 10.0 Å². The summed E-state index contributed by atoms with van der Waals surface area (Å²) in [4.78, 5) is 13.7. The van der Waals surface area contributed by atoms with Gasteiger partial charge in [-0.2, -0.15) is 8.42 Å². The van der Waals surface area contributed by atoms with E-state index >= 15 is 0 Å². The van der Waals surface area contributed by atoms with E-state index in [9.17, 15) is 26.7 Å². The predicted molar refractivity (Wildman–Crippen MR) is 135 cm³/mol. The number of rotatable bonds is 7. The second-order valence-electron chi connectivity index (χ2n) is 9.64. The second kappa shape index (κ2) is 8.89. The van der Waals surface area contributed by atoms with E-state index in [4.69, 9.17) is 0 Å². The predicted octanol–water partition coefficient (Wildman–Crippen LogP) is 2.35. The lowest BCUT2D eigenvalue weighted by atomic mass is 9.89. The molecule has 2 fully saturated rings. The first-order valence-electron chi connectivity index (χ1n) is 11.9. The van der Waals surface area contributed by atoms with Gasteiger partial charge in [-0.15, -0.1) is 11.0 Å². The van der Waals surface area contributed by atoms with Gasteiger partial charge in [-0.25, -0.2) is 13.4 Å². The third kappa shape index (κ3) is 4.28. The normalized spacial score (nSPS) is 25.6. The van der Waals surface area contributed by atoms with Crippen molar-refractivity contribution < 1.29 is 26.7 Å². The van der Waals surface area contributed by atoms with E-state index < -0.39 is 26.0 Å². The van der Waals surface area contributed by atoms with Gasteiger partial charge in [-0.3, -0.25) is 14.5 Å². The maximum absolute atomic E-state index is 13.9. The maximum Gasteiger partial charge on any atom is 0.286 e. The molecule has 1 aromatic rings. The van der Waals surface area contributed by atoms with Crippen LogP contribution in [0.15, 0.2) is 51.5 Å². The molecule has 2 unspecified atom stereocenters. The lowest BCUT2D eigenvalue weighted by Crippen LogP contribution is -2.61. The molecule has 13 heteroatoms. The fourth-order valence-corrected chi connectivity index (χ4v) is 7.12. The molecule has 0 bridgehead atoms. The van der Waals surface area contributed by atoms with Gasteiger partial charge in [0.05, 0.1) is 18.0 Å². The second-order valence-corrected chi connectivity index (χ2v) is 13.0. The first-order chi connectivity index (χ1) is 17.0. The lowest BCUT2D eigenvalue weighted by molar-refractivity contribution is -0.164. The Morgan fingerprint density at radius 1 is 1.28 bits per heavy atom. The molecule has 1 aromatic carbocycles. The molecule has 36 heavy (non-hydrogen) atoms. The summed E-state index contributed by atoms with van der Waals surface area (Å²) in [7, 11) is -7.92. The topological polar surface area (TPSA) is 148 Å². The van der Waals surface area contributed by atoms with Crippen LogP contribution in [0.1, 0.15) is 38.5 Å². The molecule has 194 valence electrons. The molecule has 3 N–H and O–H groups in total. The van der Waals surface area contributed by atoms with E-state index in [-0.39, 0.29) is 51.4 Å². The molecule has 1 amide bonds. The number of fused-ring (bicyclic) bond motifs is 2. The van der Waals surface area contributed by atoms with Gasteiger partial charge in [0.15, 0.2) is 5.84 Å². The standard InChI is InChI=1S/C23H29N5O6S2/c1-3-12-27(15-6-4-7-15)28-18-9-5-8-16(18)21(29)20(23(28)30)22-24-17-11-10-14(25-35(2,31)32)13-19(17)36(33,34)26-22/h3,10-11,13,15-16,18,25,29H,1,4-9,12H2,2H3,(H,24,26). The number of sulfonamides is 2. The van der Waals surface area contributed by atoms with Gasteiger partial charge in [0, 0.05) is 24.2 Å². The minimum Gasteiger partial charge on any atom is -0.511 e. The van der Waals surface area contributed by atoms with Crippen LogP contribution in [-0.4, -0.2) is 68.6 Å². The summed E-state index contributed by atoms with van der Waals surface area (Å²) in [5.41, 5.74) is 0.0462. The maximum atomic E-state index is 13.9. The van der Waals surface area contributed by atoms with Gasteiger partial charge >= 0.3 is 0 Å². The number of nitrogens with one attached hydrogen (secondary N) is 2. The summed E-state index contributed by atoms with van der Waals surface area (Å²) in [6.45, 7) is 4.31. The highest BCUT2D eigenvalue weighted by molar-refractivity contribution is 7.92. The number of aliphatic hydroxyl groups is 1. The van der Waals surface area contributed by atoms with Gasteiger partial charge in [0.1, 0.15) is 16.2 Å². The third-order valence-electron chi connectivity index (χ3n) is 7.18. The highest BCUT2D eigenvalue weighted by Gasteiger charge is 2.50. The van der Waals surface area contributed by atoms with Crippen LogP contribution in [0.3, 0.4) is 0 Å². The van der Waals surface area contributed by atoms with E-state index in [1.54, 1.807) is 11.1 Å². The summed E-state index contributed by atoms with van der Waals surface area (Å²) in [5, 5.41) is 17.8. The zero-order chi connectivity index (χ0) is 25.8. The lowest BCUT2D eigenvalue weighted by Gasteiger charge is -2.49. The van der Waals surface area contributed by atoms with E-state index in [1.807, 2.05) is 5.01 Å². The van der Waals surface area contributed by atoms with E-state index in [0.29, 0.717) is 13.0 Å². The molecule has 4 aliphatic rings. The van der Waals surface area contributed by atoms with Crippen LogP contribution < -0.4 is 10.0 Å². The Morgan fingerprint density at radius 2 is 2.00 bits per heavy atom. The molecule has 2 saturated carbocycles. The summed E-state index contributed by atoms with van der Waals surface area (Å²) < 4.78 is 55.4. The number of carbonyl (C=O) groups is 1. The first kappa shape index (κ1) is 24.8. The van der Waals surface area contributed by atoms with Crippen LogP contribution in [-0.2, 0) is 24.8 Å². The molecule has 11 nitrogen and oxygen atoms in total. The molecule has 0 radical (unpaired) electrons. The largest absolute Gasteiger partial charge is 0.511 e. The van der Waals surface area contributed by atoms with Crippen molar-refractivity contribution >= 4 is 43.2 Å². The van der Waals surface area contributed by atoms with Gasteiger partial charge in [0.25, 0.3) is 15.9 Å². The molecule has 0 aromatic heterocycles. The number of hydrogen-bond donors (Lipinski definition) is 3. The Labute approximate surface area is 210 Å². The Balaban J connectivity index is 1.55.